The van der Waals surface area contributed by atoms with Crippen LogP contribution in [0.5, 0.6) is 0 Å². The second-order valence-corrected chi connectivity index (χ2v) is 8.00. The molecular formula is C19H27FN2O2. The van der Waals surface area contributed by atoms with Crippen LogP contribution >= 0.6 is 0 Å². The van der Waals surface area contributed by atoms with Gasteiger partial charge < -0.3 is 15.0 Å². The first-order chi connectivity index (χ1) is 11.3. The number of rotatable bonds is 3. The van der Waals surface area contributed by atoms with E-state index in [4.69, 9.17) is 4.74 Å². The van der Waals surface area contributed by atoms with Gasteiger partial charge in [0.1, 0.15) is 11.4 Å². The number of nitrogens with one attached hydrogen (secondary N) is 1. The van der Waals surface area contributed by atoms with Crippen molar-refractivity contribution in [3.05, 3.63) is 35.6 Å². The van der Waals surface area contributed by atoms with Crippen LogP contribution in [0.15, 0.2) is 24.3 Å². The Morgan fingerprint density at radius 1 is 1.25 bits per heavy atom. The summed E-state index contributed by atoms with van der Waals surface area (Å²) in [5.74, 6) is 0.838. The number of benzene rings is 1. The molecule has 1 aromatic carbocycles. The fourth-order valence-electron chi connectivity index (χ4n) is 3.85. The van der Waals surface area contributed by atoms with Gasteiger partial charge in [0.15, 0.2) is 0 Å². The third-order valence-corrected chi connectivity index (χ3v) is 4.99. The molecule has 1 N–H and O–H groups in total. The molecule has 1 aliphatic heterocycles. The number of carbonyl (C=O) groups excluding carboxylic acids is 1. The van der Waals surface area contributed by atoms with Crippen LogP contribution in [0.4, 0.5) is 9.18 Å². The standard InChI is InChI=1S/C19H27FN2O2/c1-19(2,3)24-18(23)22-11-14-6-9-17(16(14)12-22)21-10-13-4-7-15(20)8-5-13/h4-5,7-8,14,16-17,21H,6,9-12H2,1-3H3. The average Bonchev–Trinajstić information content (AvgIpc) is 3.06. The van der Waals surface area contributed by atoms with Crippen LogP contribution in [0.1, 0.15) is 39.2 Å². The smallest absolute Gasteiger partial charge is 0.410 e. The van der Waals surface area contributed by atoms with E-state index < -0.39 is 5.60 Å². The van der Waals surface area contributed by atoms with Gasteiger partial charge in [0.05, 0.1) is 0 Å². The number of likely N-dealkylation sites (tertiary alicyclic amines) is 1. The number of nitrogens with zero attached hydrogens (tertiary/aromatic N) is 1. The number of hydrogen-bond acceptors (Lipinski definition) is 3. The zero-order valence-corrected chi connectivity index (χ0v) is 14.7. The molecule has 0 spiro atoms. The lowest BCUT2D eigenvalue weighted by Crippen LogP contribution is -2.38. The van der Waals surface area contributed by atoms with E-state index in [1.54, 1.807) is 0 Å². The van der Waals surface area contributed by atoms with Gasteiger partial charge in [-0.15, -0.1) is 0 Å². The molecule has 4 nitrogen and oxygen atoms in total. The van der Waals surface area contributed by atoms with E-state index in [0.29, 0.717) is 17.9 Å². The van der Waals surface area contributed by atoms with Crippen LogP contribution in [0.3, 0.4) is 0 Å². The number of hydrogen-bond donors (Lipinski definition) is 1. The van der Waals surface area contributed by atoms with Crippen molar-refractivity contribution in [2.45, 2.75) is 51.8 Å². The van der Waals surface area contributed by atoms with Crippen molar-refractivity contribution in [2.24, 2.45) is 11.8 Å². The molecule has 5 heteroatoms. The van der Waals surface area contributed by atoms with Crippen molar-refractivity contribution in [2.75, 3.05) is 13.1 Å². The van der Waals surface area contributed by atoms with E-state index in [1.165, 1.54) is 12.1 Å². The Hall–Kier alpha value is -1.62. The molecule has 24 heavy (non-hydrogen) atoms. The van der Waals surface area contributed by atoms with Crippen molar-refractivity contribution in [1.82, 2.24) is 10.2 Å². The Balaban J connectivity index is 1.53. The van der Waals surface area contributed by atoms with Gasteiger partial charge in [-0.3, -0.25) is 0 Å². The van der Waals surface area contributed by atoms with E-state index in [1.807, 2.05) is 37.8 Å². The van der Waals surface area contributed by atoms with Crippen LogP contribution < -0.4 is 5.32 Å². The molecule has 0 radical (unpaired) electrons. The summed E-state index contributed by atoms with van der Waals surface area (Å²) in [6.45, 7) is 7.99. The Morgan fingerprint density at radius 2 is 1.96 bits per heavy atom. The quantitative estimate of drug-likeness (QED) is 0.919. The number of fused-ring (bicyclic) bond motifs is 1. The van der Waals surface area contributed by atoms with Crippen molar-refractivity contribution in [1.29, 1.82) is 0 Å². The maximum atomic E-state index is 13.0. The summed E-state index contributed by atoms with van der Waals surface area (Å²) < 4.78 is 18.5. The van der Waals surface area contributed by atoms with Crippen molar-refractivity contribution in [3.8, 4) is 0 Å². The molecule has 2 aliphatic rings. The van der Waals surface area contributed by atoms with Gasteiger partial charge >= 0.3 is 6.09 Å². The summed E-state index contributed by atoms with van der Waals surface area (Å²) in [4.78, 5) is 14.1. The first-order valence-corrected chi connectivity index (χ1v) is 8.77. The maximum absolute atomic E-state index is 13.0. The molecule has 2 fully saturated rings. The minimum atomic E-state index is -0.449. The summed E-state index contributed by atoms with van der Waals surface area (Å²) in [5, 5.41) is 3.60. The zero-order chi connectivity index (χ0) is 17.3. The summed E-state index contributed by atoms with van der Waals surface area (Å²) >= 11 is 0. The Kier molecular flexibility index (Phi) is 4.81. The van der Waals surface area contributed by atoms with E-state index in [2.05, 4.69) is 5.32 Å². The number of carbonyl (C=O) groups is 1. The van der Waals surface area contributed by atoms with Crippen LogP contribution in [-0.2, 0) is 11.3 Å². The fourth-order valence-corrected chi connectivity index (χ4v) is 3.85. The molecular weight excluding hydrogens is 307 g/mol. The SMILES string of the molecule is CC(C)(C)OC(=O)N1CC2CCC(NCc3ccc(F)cc3)C2C1. The first-order valence-electron chi connectivity index (χ1n) is 8.77. The zero-order valence-electron chi connectivity index (χ0n) is 14.7. The lowest BCUT2D eigenvalue weighted by atomic mass is 9.97. The van der Waals surface area contributed by atoms with Gasteiger partial charge in [-0.2, -0.15) is 0 Å². The molecule has 3 rings (SSSR count). The summed E-state index contributed by atoms with van der Waals surface area (Å²) in [7, 11) is 0. The van der Waals surface area contributed by atoms with Crippen LogP contribution in [0.25, 0.3) is 0 Å². The van der Waals surface area contributed by atoms with Crippen LogP contribution in [0, 0.1) is 17.7 Å². The van der Waals surface area contributed by atoms with Gasteiger partial charge in [-0.25, -0.2) is 9.18 Å². The van der Waals surface area contributed by atoms with E-state index in [-0.39, 0.29) is 11.9 Å². The molecule has 3 unspecified atom stereocenters. The molecule has 1 aliphatic carbocycles. The third kappa shape index (κ3) is 4.07. The Morgan fingerprint density at radius 3 is 2.62 bits per heavy atom. The van der Waals surface area contributed by atoms with Gasteiger partial charge in [0.25, 0.3) is 0 Å². The molecule has 0 bridgehead atoms. The van der Waals surface area contributed by atoms with Gasteiger partial charge in [0, 0.05) is 25.7 Å². The van der Waals surface area contributed by atoms with Crippen molar-refractivity contribution < 1.29 is 13.9 Å². The largest absolute Gasteiger partial charge is 0.444 e. The topological polar surface area (TPSA) is 41.6 Å². The second kappa shape index (κ2) is 6.71. The minimum absolute atomic E-state index is 0.200. The lowest BCUT2D eigenvalue weighted by Gasteiger charge is -2.26. The van der Waals surface area contributed by atoms with Gasteiger partial charge in [-0.1, -0.05) is 12.1 Å². The highest BCUT2D eigenvalue weighted by molar-refractivity contribution is 5.68. The van der Waals surface area contributed by atoms with Gasteiger partial charge in [-0.05, 0) is 63.1 Å². The van der Waals surface area contributed by atoms with Crippen LogP contribution in [-0.4, -0.2) is 35.7 Å². The molecule has 132 valence electrons. The Bertz CT molecular complexity index is 582. The van der Waals surface area contributed by atoms with E-state index in [9.17, 15) is 9.18 Å². The normalized spacial score (nSPS) is 26.5. The highest BCUT2D eigenvalue weighted by atomic mass is 19.1. The van der Waals surface area contributed by atoms with E-state index >= 15 is 0 Å². The molecule has 0 aromatic heterocycles. The highest BCUT2D eigenvalue weighted by Gasteiger charge is 2.44. The van der Waals surface area contributed by atoms with Crippen molar-refractivity contribution in [3.63, 3.8) is 0 Å². The average molecular weight is 334 g/mol. The molecule has 1 aromatic rings. The lowest BCUT2D eigenvalue weighted by molar-refractivity contribution is 0.0278. The highest BCUT2D eigenvalue weighted by Crippen LogP contribution is 2.38. The molecule has 1 amide bonds. The minimum Gasteiger partial charge on any atom is -0.444 e. The Labute approximate surface area is 143 Å². The molecule has 3 atom stereocenters. The summed E-state index contributed by atoms with van der Waals surface area (Å²) in [6.07, 6.45) is 2.08. The summed E-state index contributed by atoms with van der Waals surface area (Å²) in [5.41, 5.74) is 0.636. The fraction of sp³-hybridized carbons (Fsp3) is 0.632. The van der Waals surface area contributed by atoms with Crippen molar-refractivity contribution >= 4 is 6.09 Å². The number of ether oxygens (including phenoxy) is 1. The molecule has 1 saturated carbocycles. The number of halogens is 1. The number of amides is 1. The molecule has 1 saturated heterocycles. The van der Waals surface area contributed by atoms with E-state index in [0.717, 1.165) is 38.0 Å². The monoisotopic (exact) mass is 334 g/mol. The first kappa shape index (κ1) is 17.2. The summed E-state index contributed by atoms with van der Waals surface area (Å²) in [6, 6.07) is 7.03. The maximum Gasteiger partial charge on any atom is 0.410 e. The second-order valence-electron chi connectivity index (χ2n) is 8.00. The predicted molar refractivity (Wildman–Crippen MR) is 91.0 cm³/mol. The molecule has 1 heterocycles. The van der Waals surface area contributed by atoms with Gasteiger partial charge in [0.2, 0.25) is 0 Å². The predicted octanol–water partition coefficient (Wildman–Crippen LogP) is 3.56. The van der Waals surface area contributed by atoms with Crippen LogP contribution in [0.2, 0.25) is 0 Å². The third-order valence-electron chi connectivity index (χ3n) is 4.99.